The third kappa shape index (κ3) is 3.99. The number of likely N-dealkylation sites (tertiary alicyclic amines) is 1. The standard InChI is InChI=1S/C27H26N6/c28-21-10-12-33(13-11-21)16-18-6-8-20(9-7-18)27-26(19-4-2-1-3-5-19)31-24-14-22-23(30-17-29-22)15-25(24)32-27/h1-9,14-15,17,21,32H,10-13,16,28H2. The Kier molecular flexibility index (Phi) is 5.09. The second kappa shape index (κ2) is 8.39. The van der Waals surface area contributed by atoms with Gasteiger partial charge in [0, 0.05) is 23.7 Å². The Morgan fingerprint density at radius 2 is 1.58 bits per heavy atom. The van der Waals surface area contributed by atoms with Crippen LogP contribution in [0.4, 0.5) is 0 Å². The molecule has 33 heavy (non-hydrogen) atoms. The second-order valence-electron chi connectivity index (χ2n) is 8.87. The van der Waals surface area contributed by atoms with Crippen molar-refractivity contribution in [3.8, 4) is 22.5 Å². The molecular weight excluding hydrogens is 408 g/mol. The largest absolute Gasteiger partial charge is 0.351 e. The summed E-state index contributed by atoms with van der Waals surface area (Å²) in [5.41, 5.74) is 15.1. The Balaban J connectivity index is 1.40. The van der Waals surface area contributed by atoms with Gasteiger partial charge in [0.1, 0.15) is 6.33 Å². The smallest absolute Gasteiger partial charge is 0.116 e. The Labute approximate surface area is 192 Å². The second-order valence-corrected chi connectivity index (χ2v) is 8.87. The molecule has 6 rings (SSSR count). The van der Waals surface area contributed by atoms with Crippen LogP contribution in [0.1, 0.15) is 18.4 Å². The molecule has 0 bridgehead atoms. The molecule has 1 saturated heterocycles. The number of imidazole rings is 1. The maximum atomic E-state index is 6.06. The number of fused-ring (bicyclic) bond motifs is 2. The van der Waals surface area contributed by atoms with Gasteiger partial charge in [-0.2, -0.15) is 0 Å². The predicted molar refractivity (Wildman–Crippen MR) is 133 cm³/mol. The van der Waals surface area contributed by atoms with Gasteiger partial charge in [0.25, 0.3) is 0 Å². The van der Waals surface area contributed by atoms with Gasteiger partial charge in [-0.15, -0.1) is 0 Å². The summed E-state index contributed by atoms with van der Waals surface area (Å²) >= 11 is 0. The van der Waals surface area contributed by atoms with Crippen LogP contribution in [0.25, 0.3) is 44.6 Å². The molecule has 1 aliphatic rings. The first kappa shape index (κ1) is 20.0. The minimum atomic E-state index is 0.358. The van der Waals surface area contributed by atoms with Crippen LogP contribution in [0.2, 0.25) is 0 Å². The molecule has 3 N–H and O–H groups in total. The van der Waals surface area contributed by atoms with Crippen molar-refractivity contribution in [3.05, 3.63) is 78.6 Å². The molecule has 0 radical (unpaired) electrons. The van der Waals surface area contributed by atoms with Crippen molar-refractivity contribution in [2.24, 2.45) is 5.73 Å². The molecule has 2 aromatic heterocycles. The molecular formula is C27H26N6. The van der Waals surface area contributed by atoms with Crippen molar-refractivity contribution < 1.29 is 0 Å². The zero-order chi connectivity index (χ0) is 22.2. The van der Waals surface area contributed by atoms with Gasteiger partial charge in [-0.25, -0.2) is 15.0 Å². The van der Waals surface area contributed by atoms with Crippen LogP contribution in [-0.4, -0.2) is 44.0 Å². The molecule has 0 unspecified atom stereocenters. The summed E-state index contributed by atoms with van der Waals surface area (Å²) in [7, 11) is 0. The van der Waals surface area contributed by atoms with Crippen LogP contribution in [0.5, 0.6) is 0 Å². The summed E-state index contributed by atoms with van der Waals surface area (Å²) in [5, 5.41) is 0. The number of hydrogen-bond acceptors (Lipinski definition) is 5. The maximum absolute atomic E-state index is 6.06. The maximum Gasteiger partial charge on any atom is 0.116 e. The lowest BCUT2D eigenvalue weighted by Crippen LogP contribution is -2.39. The van der Waals surface area contributed by atoms with E-state index < -0.39 is 0 Å². The van der Waals surface area contributed by atoms with Gasteiger partial charge in [-0.1, -0.05) is 54.6 Å². The van der Waals surface area contributed by atoms with E-state index in [9.17, 15) is 0 Å². The number of nitrogens with zero attached hydrogens (tertiary/aromatic N) is 4. The molecule has 1 fully saturated rings. The monoisotopic (exact) mass is 434 g/mol. The number of H-pyrrole nitrogens is 1. The lowest BCUT2D eigenvalue weighted by Gasteiger charge is -2.30. The number of aromatic amines is 1. The molecule has 0 aliphatic carbocycles. The van der Waals surface area contributed by atoms with Gasteiger partial charge in [0.2, 0.25) is 0 Å². The van der Waals surface area contributed by atoms with Crippen molar-refractivity contribution in [1.82, 2.24) is 24.8 Å². The van der Waals surface area contributed by atoms with Gasteiger partial charge in [-0.3, -0.25) is 4.90 Å². The Hall–Kier alpha value is -3.61. The molecule has 6 heteroatoms. The first-order chi connectivity index (χ1) is 16.2. The quantitative estimate of drug-likeness (QED) is 0.426. The van der Waals surface area contributed by atoms with Crippen molar-refractivity contribution in [2.45, 2.75) is 25.4 Å². The zero-order valence-corrected chi connectivity index (χ0v) is 18.4. The van der Waals surface area contributed by atoms with Crippen LogP contribution in [-0.2, 0) is 6.54 Å². The van der Waals surface area contributed by atoms with E-state index in [1.807, 2.05) is 30.3 Å². The van der Waals surface area contributed by atoms with Crippen molar-refractivity contribution in [1.29, 1.82) is 0 Å². The van der Waals surface area contributed by atoms with E-state index in [4.69, 9.17) is 10.7 Å². The molecule has 0 atom stereocenters. The van der Waals surface area contributed by atoms with Crippen molar-refractivity contribution in [3.63, 3.8) is 0 Å². The minimum absolute atomic E-state index is 0.358. The third-order valence-electron chi connectivity index (χ3n) is 6.54. The minimum Gasteiger partial charge on any atom is -0.351 e. The van der Waals surface area contributed by atoms with E-state index >= 15 is 0 Å². The molecule has 1 aliphatic heterocycles. The summed E-state index contributed by atoms with van der Waals surface area (Å²) < 4.78 is 0. The van der Waals surface area contributed by atoms with Crippen LogP contribution in [0, 0.1) is 0 Å². The SMILES string of the molecule is NC1CCN(Cc2ccc(-c3[nH]c4cc5ncnc5cc4nc3-c3ccccc3)cc2)CC1. The first-order valence-corrected chi connectivity index (χ1v) is 11.5. The number of rotatable bonds is 4. The number of nitrogens with one attached hydrogen (secondary N) is 1. The third-order valence-corrected chi connectivity index (χ3v) is 6.54. The zero-order valence-electron chi connectivity index (χ0n) is 18.4. The van der Waals surface area contributed by atoms with Gasteiger partial charge >= 0.3 is 0 Å². The molecule has 0 amide bonds. The van der Waals surface area contributed by atoms with Gasteiger partial charge in [0.05, 0.1) is 33.5 Å². The number of nitrogens with two attached hydrogens (primary N) is 1. The molecule has 164 valence electrons. The topological polar surface area (TPSA) is 83.7 Å². The fourth-order valence-electron chi connectivity index (χ4n) is 4.65. The van der Waals surface area contributed by atoms with Crippen LogP contribution >= 0.6 is 0 Å². The Bertz CT molecular complexity index is 1400. The normalized spacial score (nSPS) is 15.4. The highest BCUT2D eigenvalue weighted by Gasteiger charge is 2.17. The lowest BCUT2D eigenvalue weighted by molar-refractivity contribution is 0.205. The van der Waals surface area contributed by atoms with Crippen LogP contribution in [0.3, 0.4) is 0 Å². The molecule has 5 aromatic rings. The average Bonchev–Trinajstić information content (AvgIpc) is 3.31. The first-order valence-electron chi connectivity index (χ1n) is 11.5. The fraction of sp³-hybridized carbons (Fsp3) is 0.222. The Morgan fingerprint density at radius 3 is 2.33 bits per heavy atom. The van der Waals surface area contributed by atoms with Crippen LogP contribution in [0.15, 0.2) is 73.1 Å². The van der Waals surface area contributed by atoms with E-state index in [2.05, 4.69) is 56.3 Å². The van der Waals surface area contributed by atoms with Crippen molar-refractivity contribution >= 4 is 22.1 Å². The van der Waals surface area contributed by atoms with Gasteiger partial charge in [0.15, 0.2) is 0 Å². The van der Waals surface area contributed by atoms with E-state index in [-0.39, 0.29) is 0 Å². The van der Waals surface area contributed by atoms with E-state index in [1.165, 1.54) is 5.56 Å². The van der Waals surface area contributed by atoms with Crippen LogP contribution < -0.4 is 5.73 Å². The van der Waals surface area contributed by atoms with Gasteiger partial charge < -0.3 is 10.7 Å². The summed E-state index contributed by atoms with van der Waals surface area (Å²) in [6, 6.07) is 23.5. The molecule has 0 spiro atoms. The molecule has 0 saturated carbocycles. The van der Waals surface area contributed by atoms with E-state index in [0.717, 1.165) is 77.1 Å². The van der Waals surface area contributed by atoms with E-state index in [1.54, 1.807) is 6.33 Å². The molecule has 3 aromatic carbocycles. The number of hydrogen-bond donors (Lipinski definition) is 2. The molecule has 3 heterocycles. The number of piperidine rings is 1. The molecule has 6 nitrogen and oxygen atoms in total. The summed E-state index contributed by atoms with van der Waals surface area (Å²) in [5.74, 6) is 0. The summed E-state index contributed by atoms with van der Waals surface area (Å²) in [6.45, 7) is 3.11. The number of benzene rings is 3. The van der Waals surface area contributed by atoms with Crippen molar-refractivity contribution in [2.75, 3.05) is 13.1 Å². The average molecular weight is 435 g/mol. The highest BCUT2D eigenvalue weighted by molar-refractivity contribution is 5.94. The highest BCUT2D eigenvalue weighted by atomic mass is 15.1. The summed E-state index contributed by atoms with van der Waals surface area (Å²) in [4.78, 5) is 19.9. The summed E-state index contributed by atoms with van der Waals surface area (Å²) in [6.07, 6.45) is 3.76. The predicted octanol–water partition coefficient (Wildman–Crippen LogP) is 4.76. The van der Waals surface area contributed by atoms with Gasteiger partial charge in [-0.05, 0) is 43.6 Å². The number of aromatic nitrogens is 4. The fourth-order valence-corrected chi connectivity index (χ4v) is 4.65. The lowest BCUT2D eigenvalue weighted by atomic mass is 10.0. The Morgan fingerprint density at radius 1 is 0.848 bits per heavy atom. The highest BCUT2D eigenvalue weighted by Crippen LogP contribution is 2.32. The van der Waals surface area contributed by atoms with E-state index in [0.29, 0.717) is 6.04 Å².